The van der Waals surface area contributed by atoms with Gasteiger partial charge in [0.1, 0.15) is 18.3 Å². The molecule has 84 valence electrons. The summed E-state index contributed by atoms with van der Waals surface area (Å²) >= 11 is 0. The van der Waals surface area contributed by atoms with Crippen molar-refractivity contribution in [1.82, 2.24) is 0 Å². The number of aliphatic hydroxyl groups excluding tert-OH is 4. The van der Waals surface area contributed by atoms with E-state index in [1.807, 2.05) is 0 Å². The number of carbonyl (C=O) groups is 1. The Bertz CT molecular complexity index is 171. The molecular formula is C8H16O6. The Morgan fingerprint density at radius 3 is 2.36 bits per heavy atom. The van der Waals surface area contributed by atoms with Gasteiger partial charge in [-0.3, -0.25) is 4.79 Å². The lowest BCUT2D eigenvalue weighted by Gasteiger charge is -2.17. The van der Waals surface area contributed by atoms with Crippen LogP contribution in [0.4, 0.5) is 0 Å². The van der Waals surface area contributed by atoms with Gasteiger partial charge >= 0.3 is 0 Å². The summed E-state index contributed by atoms with van der Waals surface area (Å²) in [5.74, 6) is -0.913. The van der Waals surface area contributed by atoms with Gasteiger partial charge in [-0.25, -0.2) is 0 Å². The van der Waals surface area contributed by atoms with Gasteiger partial charge in [0.2, 0.25) is 0 Å². The minimum Gasteiger partial charge on any atom is -0.394 e. The first-order valence-corrected chi connectivity index (χ1v) is 4.22. The van der Waals surface area contributed by atoms with E-state index in [0.717, 1.165) is 0 Å². The molecule has 1 unspecified atom stereocenters. The molecular weight excluding hydrogens is 192 g/mol. The third kappa shape index (κ3) is 4.12. The van der Waals surface area contributed by atoms with Crippen molar-refractivity contribution in [3.05, 3.63) is 0 Å². The molecule has 0 saturated heterocycles. The second-order valence-corrected chi connectivity index (χ2v) is 2.89. The molecule has 6 nitrogen and oxygen atoms in total. The summed E-state index contributed by atoms with van der Waals surface area (Å²) in [6, 6.07) is 0. The number of Topliss-reactive ketones (excluding diaryl/α,β-unsaturated/α-hetero) is 1. The second-order valence-electron chi connectivity index (χ2n) is 2.89. The molecule has 0 heterocycles. The molecule has 0 bridgehead atoms. The van der Waals surface area contributed by atoms with Gasteiger partial charge in [0.05, 0.1) is 6.61 Å². The number of rotatable bonds is 7. The zero-order chi connectivity index (χ0) is 11.1. The lowest BCUT2D eigenvalue weighted by atomic mass is 10.0. The van der Waals surface area contributed by atoms with Gasteiger partial charge in [-0.05, 0) is 0 Å². The molecule has 0 amide bonds. The molecule has 0 aromatic rings. The molecule has 3 atom stereocenters. The first kappa shape index (κ1) is 13.5. The Morgan fingerprint density at radius 2 is 1.93 bits per heavy atom. The Hall–Kier alpha value is -0.530. The van der Waals surface area contributed by atoms with Crippen molar-refractivity contribution in [2.24, 2.45) is 0 Å². The fourth-order valence-corrected chi connectivity index (χ4v) is 0.858. The van der Waals surface area contributed by atoms with Crippen LogP contribution in [0.25, 0.3) is 0 Å². The minimum absolute atomic E-state index is 0.0462. The maximum Gasteiger partial charge on any atom is 0.192 e. The van der Waals surface area contributed by atoms with E-state index in [4.69, 9.17) is 15.3 Å². The zero-order valence-electron chi connectivity index (χ0n) is 7.96. The smallest absolute Gasteiger partial charge is 0.192 e. The van der Waals surface area contributed by atoms with E-state index in [0.29, 0.717) is 0 Å². The van der Waals surface area contributed by atoms with E-state index in [9.17, 15) is 9.90 Å². The van der Waals surface area contributed by atoms with Gasteiger partial charge < -0.3 is 25.2 Å². The minimum atomic E-state index is -1.76. The third-order valence-corrected chi connectivity index (χ3v) is 1.77. The summed E-state index contributed by atoms with van der Waals surface area (Å²) in [5, 5.41) is 35.6. The summed E-state index contributed by atoms with van der Waals surface area (Å²) in [6.07, 6.45) is -4.65. The van der Waals surface area contributed by atoms with Crippen molar-refractivity contribution in [2.75, 3.05) is 20.3 Å². The highest BCUT2D eigenvalue weighted by atomic mass is 16.5. The van der Waals surface area contributed by atoms with E-state index in [1.54, 1.807) is 0 Å². The van der Waals surface area contributed by atoms with Gasteiger partial charge in [-0.15, -0.1) is 0 Å². The fraction of sp³-hybridized carbons (Fsp3) is 0.875. The van der Waals surface area contributed by atoms with E-state index < -0.39 is 30.7 Å². The van der Waals surface area contributed by atoms with Gasteiger partial charge in [0.25, 0.3) is 0 Å². The lowest BCUT2D eigenvalue weighted by molar-refractivity contribution is -0.143. The molecule has 0 aliphatic heterocycles. The third-order valence-electron chi connectivity index (χ3n) is 1.77. The van der Waals surface area contributed by atoms with Gasteiger partial charge in [0, 0.05) is 20.1 Å². The largest absolute Gasteiger partial charge is 0.394 e. The molecule has 4 N–H and O–H groups in total. The van der Waals surface area contributed by atoms with Crippen LogP contribution in [0.3, 0.4) is 0 Å². The monoisotopic (exact) mass is 208 g/mol. The van der Waals surface area contributed by atoms with E-state index in [-0.39, 0.29) is 13.0 Å². The molecule has 0 aromatic heterocycles. The predicted octanol–water partition coefficient (Wildman–Crippen LogP) is -2.33. The van der Waals surface area contributed by atoms with Crippen molar-refractivity contribution in [1.29, 1.82) is 0 Å². The zero-order valence-corrected chi connectivity index (χ0v) is 7.96. The molecule has 0 saturated carbocycles. The number of aliphatic hydroxyl groups is 4. The molecule has 0 aliphatic carbocycles. The molecule has 0 radical (unpaired) electrons. The van der Waals surface area contributed by atoms with Crippen LogP contribution < -0.4 is 0 Å². The van der Waals surface area contributed by atoms with Crippen molar-refractivity contribution in [2.45, 2.75) is 24.7 Å². The lowest BCUT2D eigenvalue weighted by Crippen LogP contribution is -2.42. The standard InChI is InChI=1S/C8H16O6/c1-14-3-2-5(10)7(12)8(13)6(11)4-9/h5-6,8-11,13H,2-4H2,1H3/t5?,6-,8-/m1/s1. The van der Waals surface area contributed by atoms with Gasteiger partial charge in [-0.1, -0.05) is 0 Å². The van der Waals surface area contributed by atoms with Crippen LogP contribution in [-0.4, -0.2) is 64.8 Å². The van der Waals surface area contributed by atoms with Gasteiger partial charge in [0.15, 0.2) is 5.78 Å². The van der Waals surface area contributed by atoms with Crippen molar-refractivity contribution >= 4 is 5.78 Å². The Kier molecular flexibility index (Phi) is 6.60. The summed E-state index contributed by atoms with van der Waals surface area (Å²) < 4.78 is 4.62. The van der Waals surface area contributed by atoms with Gasteiger partial charge in [-0.2, -0.15) is 0 Å². The molecule has 0 aliphatic rings. The van der Waals surface area contributed by atoms with Crippen molar-refractivity contribution in [3.8, 4) is 0 Å². The Morgan fingerprint density at radius 1 is 1.36 bits per heavy atom. The number of carbonyl (C=O) groups excluding carboxylic acids is 1. The van der Waals surface area contributed by atoms with Crippen LogP contribution >= 0.6 is 0 Å². The van der Waals surface area contributed by atoms with Crippen LogP contribution in [-0.2, 0) is 9.53 Å². The SMILES string of the molecule is COCCC(O)C(=O)[C@H](O)[C@H](O)CO. The topological polar surface area (TPSA) is 107 Å². The Balaban J connectivity index is 4.03. The Labute approximate surface area is 81.7 Å². The molecule has 0 fully saturated rings. The highest BCUT2D eigenvalue weighted by Gasteiger charge is 2.28. The summed E-state index contributed by atoms with van der Waals surface area (Å²) in [5.41, 5.74) is 0. The van der Waals surface area contributed by atoms with Crippen LogP contribution in [0.5, 0.6) is 0 Å². The molecule has 6 heteroatoms. The number of hydrogen-bond acceptors (Lipinski definition) is 6. The number of methoxy groups -OCH3 is 1. The number of ketones is 1. The van der Waals surface area contributed by atoms with E-state index in [1.165, 1.54) is 7.11 Å². The van der Waals surface area contributed by atoms with Crippen molar-refractivity contribution in [3.63, 3.8) is 0 Å². The summed E-state index contributed by atoms with van der Waals surface area (Å²) in [4.78, 5) is 11.1. The fourth-order valence-electron chi connectivity index (χ4n) is 0.858. The molecule has 0 spiro atoms. The highest BCUT2D eigenvalue weighted by Crippen LogP contribution is 2.02. The normalized spacial score (nSPS) is 17.5. The molecule has 14 heavy (non-hydrogen) atoms. The van der Waals surface area contributed by atoms with E-state index in [2.05, 4.69) is 4.74 Å². The maximum atomic E-state index is 11.1. The number of ether oxygens (including phenoxy) is 1. The molecule has 0 rings (SSSR count). The first-order chi connectivity index (χ1) is 6.54. The van der Waals surface area contributed by atoms with Crippen LogP contribution in [0.15, 0.2) is 0 Å². The molecule has 0 aromatic carbocycles. The van der Waals surface area contributed by atoms with E-state index >= 15 is 0 Å². The van der Waals surface area contributed by atoms with Crippen molar-refractivity contribution < 1.29 is 30.0 Å². The quantitative estimate of drug-likeness (QED) is 0.374. The first-order valence-electron chi connectivity index (χ1n) is 4.22. The van der Waals surface area contributed by atoms with Crippen LogP contribution in [0, 0.1) is 0 Å². The van der Waals surface area contributed by atoms with Crippen LogP contribution in [0.2, 0.25) is 0 Å². The second kappa shape index (κ2) is 6.86. The average molecular weight is 208 g/mol. The maximum absolute atomic E-state index is 11.1. The number of hydrogen-bond donors (Lipinski definition) is 4. The highest BCUT2D eigenvalue weighted by molar-refractivity contribution is 5.87. The van der Waals surface area contributed by atoms with Crippen LogP contribution in [0.1, 0.15) is 6.42 Å². The predicted molar refractivity (Wildman–Crippen MR) is 46.6 cm³/mol. The summed E-state index contributed by atoms with van der Waals surface area (Å²) in [6.45, 7) is -0.557. The summed E-state index contributed by atoms with van der Waals surface area (Å²) in [7, 11) is 1.41. The average Bonchev–Trinajstić information content (AvgIpc) is 2.22.